The summed E-state index contributed by atoms with van der Waals surface area (Å²) in [7, 11) is 0. The Kier molecular flexibility index (Phi) is 2.42. The van der Waals surface area contributed by atoms with Crippen LogP contribution in [0.25, 0.3) is 5.52 Å². The van der Waals surface area contributed by atoms with Gasteiger partial charge in [-0.25, -0.2) is 4.98 Å². The maximum Gasteiger partial charge on any atom is 0.207 e. The number of amides is 1. The molecule has 2 aromatic rings. The van der Waals surface area contributed by atoms with Gasteiger partial charge in [-0.2, -0.15) is 0 Å². The Morgan fingerprint density at radius 2 is 2.25 bits per heavy atom. The molecule has 84 valence electrons. The van der Waals surface area contributed by atoms with Crippen LogP contribution in [0.3, 0.4) is 0 Å². The standard InChI is InChI=1S/C12H15N3O/c1-9-5-4-6-15-10(9)7-13-11(15)12(2,3)14-8-16/h4-8H,1-3H3,(H,14,16). The lowest BCUT2D eigenvalue weighted by atomic mass is 10.1. The second-order valence-electron chi connectivity index (χ2n) is 4.42. The number of aromatic nitrogens is 2. The minimum absolute atomic E-state index is 0.470. The van der Waals surface area contributed by atoms with Crippen LogP contribution in [0.4, 0.5) is 0 Å². The lowest BCUT2D eigenvalue weighted by molar-refractivity contribution is -0.111. The van der Waals surface area contributed by atoms with Gasteiger partial charge in [0.25, 0.3) is 0 Å². The molecule has 16 heavy (non-hydrogen) atoms. The van der Waals surface area contributed by atoms with Crippen LogP contribution in [-0.4, -0.2) is 15.8 Å². The van der Waals surface area contributed by atoms with Crippen molar-refractivity contribution in [2.75, 3.05) is 0 Å². The second kappa shape index (κ2) is 3.63. The highest BCUT2D eigenvalue weighted by Gasteiger charge is 2.24. The number of hydrogen-bond acceptors (Lipinski definition) is 2. The molecule has 0 saturated heterocycles. The van der Waals surface area contributed by atoms with Crippen LogP contribution in [0.15, 0.2) is 24.5 Å². The van der Waals surface area contributed by atoms with Crippen molar-refractivity contribution in [2.24, 2.45) is 0 Å². The zero-order valence-corrected chi connectivity index (χ0v) is 9.69. The number of carbonyl (C=O) groups excluding carboxylic acids is 1. The molecule has 0 aromatic carbocycles. The Morgan fingerprint density at radius 1 is 1.50 bits per heavy atom. The first-order valence-electron chi connectivity index (χ1n) is 5.21. The Hall–Kier alpha value is -1.84. The van der Waals surface area contributed by atoms with Gasteiger partial charge < -0.3 is 9.72 Å². The lowest BCUT2D eigenvalue weighted by Crippen LogP contribution is -2.37. The van der Waals surface area contributed by atoms with Crippen molar-refractivity contribution in [1.29, 1.82) is 0 Å². The highest BCUT2D eigenvalue weighted by molar-refractivity contribution is 5.55. The Morgan fingerprint density at radius 3 is 2.94 bits per heavy atom. The van der Waals surface area contributed by atoms with E-state index in [0.29, 0.717) is 6.41 Å². The monoisotopic (exact) mass is 217 g/mol. The smallest absolute Gasteiger partial charge is 0.207 e. The predicted octanol–water partition coefficient (Wildman–Crippen LogP) is 1.62. The average molecular weight is 217 g/mol. The van der Waals surface area contributed by atoms with E-state index in [2.05, 4.69) is 10.3 Å². The molecule has 2 aromatic heterocycles. The van der Waals surface area contributed by atoms with E-state index in [1.54, 1.807) is 0 Å². The fourth-order valence-corrected chi connectivity index (χ4v) is 1.84. The van der Waals surface area contributed by atoms with Gasteiger partial charge in [-0.15, -0.1) is 0 Å². The van der Waals surface area contributed by atoms with Crippen molar-refractivity contribution in [3.8, 4) is 0 Å². The summed E-state index contributed by atoms with van der Waals surface area (Å²) >= 11 is 0. The molecule has 0 spiro atoms. The van der Waals surface area contributed by atoms with E-state index in [1.165, 1.54) is 5.56 Å². The van der Waals surface area contributed by atoms with Gasteiger partial charge in [0.1, 0.15) is 5.82 Å². The first-order valence-corrected chi connectivity index (χ1v) is 5.21. The summed E-state index contributed by atoms with van der Waals surface area (Å²) in [6.45, 7) is 5.90. The zero-order valence-electron chi connectivity index (χ0n) is 9.69. The first kappa shape index (κ1) is 10.7. The summed E-state index contributed by atoms with van der Waals surface area (Å²) in [6, 6.07) is 4.02. The summed E-state index contributed by atoms with van der Waals surface area (Å²) in [5.41, 5.74) is 1.77. The number of fused-ring (bicyclic) bond motifs is 1. The molecule has 0 aliphatic heterocycles. The molecule has 0 aliphatic rings. The molecule has 0 saturated carbocycles. The summed E-state index contributed by atoms with van der Waals surface area (Å²) in [6.07, 6.45) is 4.49. The predicted molar refractivity (Wildman–Crippen MR) is 62.2 cm³/mol. The van der Waals surface area contributed by atoms with E-state index >= 15 is 0 Å². The van der Waals surface area contributed by atoms with Crippen molar-refractivity contribution in [2.45, 2.75) is 26.3 Å². The van der Waals surface area contributed by atoms with Crippen LogP contribution in [0, 0.1) is 6.92 Å². The third kappa shape index (κ3) is 1.56. The Labute approximate surface area is 94.3 Å². The number of carbonyl (C=O) groups is 1. The van der Waals surface area contributed by atoms with Gasteiger partial charge in [0.05, 0.1) is 17.3 Å². The van der Waals surface area contributed by atoms with Crippen LogP contribution >= 0.6 is 0 Å². The third-order valence-corrected chi connectivity index (χ3v) is 2.76. The van der Waals surface area contributed by atoms with Gasteiger partial charge in [0, 0.05) is 6.20 Å². The largest absolute Gasteiger partial charge is 0.347 e. The number of nitrogens with one attached hydrogen (secondary N) is 1. The highest BCUT2D eigenvalue weighted by atomic mass is 16.1. The van der Waals surface area contributed by atoms with Crippen molar-refractivity contribution in [3.63, 3.8) is 0 Å². The first-order chi connectivity index (χ1) is 7.56. The molecule has 0 bridgehead atoms. The van der Waals surface area contributed by atoms with Crippen LogP contribution in [0.5, 0.6) is 0 Å². The van der Waals surface area contributed by atoms with Crippen LogP contribution < -0.4 is 5.32 Å². The van der Waals surface area contributed by atoms with E-state index in [0.717, 1.165) is 11.3 Å². The van der Waals surface area contributed by atoms with Crippen molar-refractivity contribution >= 4 is 11.9 Å². The van der Waals surface area contributed by atoms with E-state index < -0.39 is 5.54 Å². The number of imidazole rings is 1. The molecule has 1 N–H and O–H groups in total. The quantitative estimate of drug-likeness (QED) is 0.794. The number of aryl methyl sites for hydroxylation is 1. The minimum Gasteiger partial charge on any atom is -0.347 e. The van der Waals surface area contributed by atoms with E-state index in [1.807, 2.05) is 49.7 Å². The van der Waals surface area contributed by atoms with Crippen molar-refractivity contribution in [3.05, 3.63) is 35.9 Å². The van der Waals surface area contributed by atoms with Gasteiger partial charge >= 0.3 is 0 Å². The second-order valence-corrected chi connectivity index (χ2v) is 4.42. The van der Waals surface area contributed by atoms with Gasteiger partial charge in [0.2, 0.25) is 6.41 Å². The molecule has 0 unspecified atom stereocenters. The zero-order chi connectivity index (χ0) is 11.8. The average Bonchev–Trinajstić information content (AvgIpc) is 2.63. The summed E-state index contributed by atoms with van der Waals surface area (Å²) in [5.74, 6) is 0.832. The Balaban J connectivity index is 2.62. The lowest BCUT2D eigenvalue weighted by Gasteiger charge is -2.22. The fourth-order valence-electron chi connectivity index (χ4n) is 1.84. The molecule has 0 fully saturated rings. The number of hydrogen-bond donors (Lipinski definition) is 1. The minimum atomic E-state index is -0.470. The van der Waals surface area contributed by atoms with Gasteiger partial charge in [-0.3, -0.25) is 4.79 Å². The summed E-state index contributed by atoms with van der Waals surface area (Å²) in [4.78, 5) is 15.0. The molecule has 4 heteroatoms. The molecule has 4 nitrogen and oxygen atoms in total. The third-order valence-electron chi connectivity index (χ3n) is 2.76. The Bertz CT molecular complexity index is 528. The van der Waals surface area contributed by atoms with E-state index in [-0.39, 0.29) is 0 Å². The van der Waals surface area contributed by atoms with Crippen LogP contribution in [0.2, 0.25) is 0 Å². The van der Waals surface area contributed by atoms with Gasteiger partial charge in [-0.1, -0.05) is 6.07 Å². The van der Waals surface area contributed by atoms with Gasteiger partial charge in [0.15, 0.2) is 0 Å². The topological polar surface area (TPSA) is 46.4 Å². The number of rotatable bonds is 3. The van der Waals surface area contributed by atoms with Crippen LogP contribution in [-0.2, 0) is 10.3 Å². The maximum atomic E-state index is 10.6. The number of nitrogens with zero attached hydrogens (tertiary/aromatic N) is 2. The molecule has 2 heterocycles. The maximum absolute atomic E-state index is 10.6. The summed E-state index contributed by atoms with van der Waals surface area (Å²) < 4.78 is 2.01. The van der Waals surface area contributed by atoms with Crippen LogP contribution in [0.1, 0.15) is 25.2 Å². The normalized spacial score (nSPS) is 11.7. The molecule has 0 atom stereocenters. The molecule has 0 aliphatic carbocycles. The molecule has 0 radical (unpaired) electrons. The van der Waals surface area contributed by atoms with E-state index in [9.17, 15) is 4.79 Å². The van der Waals surface area contributed by atoms with Crippen molar-refractivity contribution < 1.29 is 4.79 Å². The SMILES string of the molecule is Cc1cccn2c(C(C)(C)NC=O)ncc12. The highest BCUT2D eigenvalue weighted by Crippen LogP contribution is 2.21. The van der Waals surface area contributed by atoms with Gasteiger partial charge in [-0.05, 0) is 32.4 Å². The molecule has 1 amide bonds. The van der Waals surface area contributed by atoms with E-state index in [4.69, 9.17) is 0 Å². The van der Waals surface area contributed by atoms with Crippen molar-refractivity contribution in [1.82, 2.24) is 14.7 Å². The molecule has 2 rings (SSSR count). The summed E-state index contributed by atoms with van der Waals surface area (Å²) in [5, 5.41) is 2.77. The number of pyridine rings is 1. The molecular weight excluding hydrogens is 202 g/mol. The molecular formula is C12H15N3O. The fraction of sp³-hybridized carbons (Fsp3) is 0.333.